The van der Waals surface area contributed by atoms with Gasteiger partial charge in [-0.05, 0) is 30.5 Å². The molecule has 2 N–H and O–H groups in total. The van der Waals surface area contributed by atoms with Crippen LogP contribution in [0.5, 0.6) is 0 Å². The zero-order valence-electron chi connectivity index (χ0n) is 12.5. The van der Waals surface area contributed by atoms with Crippen LogP contribution in [-0.2, 0) is 14.3 Å². The Kier molecular flexibility index (Phi) is 4.42. The van der Waals surface area contributed by atoms with E-state index in [0.717, 1.165) is 5.56 Å². The van der Waals surface area contributed by atoms with Gasteiger partial charge in [-0.2, -0.15) is 0 Å². The molecule has 1 amide bonds. The van der Waals surface area contributed by atoms with Crippen molar-refractivity contribution < 1.29 is 18.7 Å². The molecule has 6 heteroatoms. The fourth-order valence-electron chi connectivity index (χ4n) is 3.01. The molecule has 0 radical (unpaired) electrons. The first-order valence-electron chi connectivity index (χ1n) is 7.61. The third kappa shape index (κ3) is 3.14. The number of carbonyl (C=O) groups is 1. The molecule has 0 spiro atoms. The standard InChI is InChI=1S/C16H21FN2O3/c17-13-3-1-2-12(10-13)14-11-19(6-9-22-14)15(20)16(18)4-7-21-8-5-16/h1-3,10,14H,4-9,11,18H2. The first-order valence-corrected chi connectivity index (χ1v) is 7.61. The van der Waals surface area contributed by atoms with Crippen molar-refractivity contribution >= 4 is 5.91 Å². The average molecular weight is 308 g/mol. The van der Waals surface area contributed by atoms with Crippen molar-refractivity contribution in [1.82, 2.24) is 4.90 Å². The molecule has 0 aromatic heterocycles. The average Bonchev–Trinajstić information content (AvgIpc) is 2.55. The molecule has 22 heavy (non-hydrogen) atoms. The number of hydrogen-bond acceptors (Lipinski definition) is 4. The van der Waals surface area contributed by atoms with Crippen LogP contribution in [0.4, 0.5) is 4.39 Å². The van der Waals surface area contributed by atoms with Gasteiger partial charge in [0.2, 0.25) is 5.91 Å². The van der Waals surface area contributed by atoms with Gasteiger partial charge in [-0.25, -0.2) is 4.39 Å². The second-order valence-electron chi connectivity index (χ2n) is 5.93. The zero-order chi connectivity index (χ0) is 15.6. The van der Waals surface area contributed by atoms with E-state index in [0.29, 0.717) is 45.8 Å². The number of hydrogen-bond donors (Lipinski definition) is 1. The quantitative estimate of drug-likeness (QED) is 0.892. The Morgan fingerprint density at radius 2 is 2.09 bits per heavy atom. The highest BCUT2D eigenvalue weighted by Crippen LogP contribution is 2.26. The number of benzene rings is 1. The Morgan fingerprint density at radius 3 is 2.82 bits per heavy atom. The van der Waals surface area contributed by atoms with E-state index in [-0.39, 0.29) is 17.8 Å². The summed E-state index contributed by atoms with van der Waals surface area (Å²) in [5, 5.41) is 0. The smallest absolute Gasteiger partial charge is 0.243 e. The van der Waals surface area contributed by atoms with Crippen LogP contribution in [0, 0.1) is 5.82 Å². The number of nitrogens with zero attached hydrogens (tertiary/aromatic N) is 1. The SMILES string of the molecule is NC1(C(=O)N2CCOC(c3cccc(F)c3)C2)CCOCC1. The molecule has 1 aromatic rings. The van der Waals surface area contributed by atoms with E-state index in [1.807, 2.05) is 6.07 Å². The Balaban J connectivity index is 1.71. The number of carbonyl (C=O) groups excluding carboxylic acids is 1. The minimum atomic E-state index is -0.845. The Labute approximate surface area is 129 Å². The Hall–Kier alpha value is -1.50. The van der Waals surface area contributed by atoms with Crippen LogP contribution in [0.15, 0.2) is 24.3 Å². The summed E-state index contributed by atoms with van der Waals surface area (Å²) in [4.78, 5) is 14.5. The number of nitrogens with two attached hydrogens (primary N) is 1. The van der Waals surface area contributed by atoms with Crippen molar-refractivity contribution in [2.24, 2.45) is 5.73 Å². The molecule has 3 rings (SSSR count). The molecule has 1 unspecified atom stereocenters. The predicted octanol–water partition coefficient (Wildman–Crippen LogP) is 1.23. The van der Waals surface area contributed by atoms with Crippen LogP contribution in [0.1, 0.15) is 24.5 Å². The lowest BCUT2D eigenvalue weighted by Gasteiger charge is -2.40. The number of ether oxygens (including phenoxy) is 2. The van der Waals surface area contributed by atoms with Gasteiger partial charge in [-0.15, -0.1) is 0 Å². The van der Waals surface area contributed by atoms with Crippen molar-refractivity contribution in [3.05, 3.63) is 35.6 Å². The van der Waals surface area contributed by atoms with Crippen molar-refractivity contribution in [3.63, 3.8) is 0 Å². The lowest BCUT2D eigenvalue weighted by Crippen LogP contribution is -2.60. The summed E-state index contributed by atoms with van der Waals surface area (Å²) < 4.78 is 24.3. The van der Waals surface area contributed by atoms with Crippen LogP contribution >= 0.6 is 0 Å². The molecule has 2 aliphatic rings. The molecular weight excluding hydrogens is 287 g/mol. The number of amides is 1. The highest BCUT2D eigenvalue weighted by Gasteiger charge is 2.40. The summed E-state index contributed by atoms with van der Waals surface area (Å²) in [5.74, 6) is -0.357. The summed E-state index contributed by atoms with van der Waals surface area (Å²) >= 11 is 0. The molecular formula is C16H21FN2O3. The molecule has 0 bridgehead atoms. The summed E-state index contributed by atoms with van der Waals surface area (Å²) in [6, 6.07) is 6.31. The van der Waals surface area contributed by atoms with E-state index in [2.05, 4.69) is 0 Å². The van der Waals surface area contributed by atoms with E-state index >= 15 is 0 Å². The number of halogens is 1. The van der Waals surface area contributed by atoms with Gasteiger partial charge in [-0.1, -0.05) is 12.1 Å². The molecule has 2 heterocycles. The molecule has 1 atom stereocenters. The van der Waals surface area contributed by atoms with Crippen molar-refractivity contribution in [2.45, 2.75) is 24.5 Å². The molecule has 120 valence electrons. The van der Waals surface area contributed by atoms with Crippen LogP contribution in [0.2, 0.25) is 0 Å². The molecule has 1 aromatic carbocycles. The zero-order valence-corrected chi connectivity index (χ0v) is 12.5. The topological polar surface area (TPSA) is 64.8 Å². The lowest BCUT2D eigenvalue weighted by molar-refractivity contribution is -0.148. The van der Waals surface area contributed by atoms with Crippen LogP contribution in [0.3, 0.4) is 0 Å². The van der Waals surface area contributed by atoms with E-state index in [4.69, 9.17) is 15.2 Å². The van der Waals surface area contributed by atoms with E-state index in [9.17, 15) is 9.18 Å². The van der Waals surface area contributed by atoms with Gasteiger partial charge in [0.05, 0.1) is 18.7 Å². The maximum absolute atomic E-state index is 13.4. The van der Waals surface area contributed by atoms with Crippen molar-refractivity contribution in [3.8, 4) is 0 Å². The lowest BCUT2D eigenvalue weighted by atomic mass is 9.89. The van der Waals surface area contributed by atoms with Gasteiger partial charge >= 0.3 is 0 Å². The molecule has 0 aliphatic carbocycles. The van der Waals surface area contributed by atoms with Gasteiger partial charge in [0, 0.05) is 19.8 Å². The largest absolute Gasteiger partial charge is 0.381 e. The summed E-state index contributed by atoms with van der Waals surface area (Å²) in [6.45, 7) is 2.38. The van der Waals surface area contributed by atoms with Crippen molar-refractivity contribution in [1.29, 1.82) is 0 Å². The second kappa shape index (κ2) is 6.32. The maximum atomic E-state index is 13.4. The van der Waals surface area contributed by atoms with Crippen molar-refractivity contribution in [2.75, 3.05) is 32.9 Å². The summed E-state index contributed by atoms with van der Waals surface area (Å²) in [7, 11) is 0. The first-order chi connectivity index (χ1) is 10.6. The summed E-state index contributed by atoms with van der Waals surface area (Å²) in [6.07, 6.45) is 0.763. The normalized spacial score (nSPS) is 25.0. The van der Waals surface area contributed by atoms with Crippen LogP contribution < -0.4 is 5.73 Å². The Bertz CT molecular complexity index is 546. The highest BCUT2D eigenvalue weighted by molar-refractivity contribution is 5.86. The Morgan fingerprint density at radius 1 is 1.32 bits per heavy atom. The molecule has 2 fully saturated rings. The number of morpholine rings is 1. The van der Waals surface area contributed by atoms with Gasteiger partial charge in [0.15, 0.2) is 0 Å². The minimum absolute atomic E-state index is 0.0551. The van der Waals surface area contributed by atoms with Gasteiger partial charge in [0.1, 0.15) is 11.9 Å². The fraction of sp³-hybridized carbons (Fsp3) is 0.562. The van der Waals surface area contributed by atoms with E-state index < -0.39 is 5.54 Å². The maximum Gasteiger partial charge on any atom is 0.243 e. The molecule has 5 nitrogen and oxygen atoms in total. The van der Waals surface area contributed by atoms with Gasteiger partial charge < -0.3 is 20.1 Å². The summed E-state index contributed by atoms with van der Waals surface area (Å²) in [5.41, 5.74) is 6.17. The van der Waals surface area contributed by atoms with E-state index in [1.54, 1.807) is 11.0 Å². The fourth-order valence-corrected chi connectivity index (χ4v) is 3.01. The molecule has 2 aliphatic heterocycles. The van der Waals surface area contributed by atoms with E-state index in [1.165, 1.54) is 12.1 Å². The first kappa shape index (κ1) is 15.4. The second-order valence-corrected chi connectivity index (χ2v) is 5.93. The monoisotopic (exact) mass is 308 g/mol. The third-order valence-electron chi connectivity index (χ3n) is 4.39. The molecule has 0 saturated carbocycles. The predicted molar refractivity (Wildman–Crippen MR) is 78.6 cm³/mol. The van der Waals surface area contributed by atoms with Gasteiger partial charge in [0.25, 0.3) is 0 Å². The molecule has 2 saturated heterocycles. The third-order valence-corrected chi connectivity index (χ3v) is 4.39. The van der Waals surface area contributed by atoms with Crippen LogP contribution in [0.25, 0.3) is 0 Å². The van der Waals surface area contributed by atoms with Gasteiger partial charge in [-0.3, -0.25) is 4.79 Å². The highest BCUT2D eigenvalue weighted by atomic mass is 19.1. The van der Waals surface area contributed by atoms with Crippen LogP contribution in [-0.4, -0.2) is 49.3 Å². The minimum Gasteiger partial charge on any atom is -0.381 e. The number of rotatable bonds is 2.